The number of nitrogens with zero attached hydrogens (tertiary/aromatic N) is 4. The highest BCUT2D eigenvalue weighted by atomic mass is 16.5. The Morgan fingerprint density at radius 3 is 3.11 bits per heavy atom. The molecule has 2 aliphatic rings. The van der Waals surface area contributed by atoms with Crippen molar-refractivity contribution in [2.45, 2.75) is 13.1 Å². The lowest BCUT2D eigenvalue weighted by molar-refractivity contribution is -0.130. The molecule has 1 unspecified atom stereocenters. The van der Waals surface area contributed by atoms with Crippen molar-refractivity contribution in [3.8, 4) is 0 Å². The summed E-state index contributed by atoms with van der Waals surface area (Å²) in [4.78, 5) is 17.8. The summed E-state index contributed by atoms with van der Waals surface area (Å²) in [6.45, 7) is 2.35. The maximum absolute atomic E-state index is 11.9. The predicted molar refractivity (Wildman–Crippen MR) is 64.5 cm³/mol. The van der Waals surface area contributed by atoms with E-state index in [-0.39, 0.29) is 12.5 Å². The molecule has 0 aromatic heterocycles. The lowest BCUT2D eigenvalue weighted by atomic mass is 10.1. The Kier molecular flexibility index (Phi) is 2.55. The molecule has 1 aromatic rings. The van der Waals surface area contributed by atoms with E-state index in [4.69, 9.17) is 4.74 Å². The Morgan fingerprint density at radius 1 is 1.44 bits per heavy atom. The first-order chi connectivity index (χ1) is 8.81. The summed E-state index contributed by atoms with van der Waals surface area (Å²) in [5, 5.41) is 8.00. The molecule has 18 heavy (non-hydrogen) atoms. The van der Waals surface area contributed by atoms with Gasteiger partial charge < -0.3 is 4.74 Å². The molecule has 0 saturated carbocycles. The van der Waals surface area contributed by atoms with Crippen LogP contribution < -0.4 is 0 Å². The number of carbonyl (C=O) groups is 1. The van der Waals surface area contributed by atoms with Gasteiger partial charge >= 0.3 is 6.02 Å². The van der Waals surface area contributed by atoms with E-state index in [9.17, 15) is 4.79 Å². The van der Waals surface area contributed by atoms with Crippen molar-refractivity contribution in [2.24, 2.45) is 15.2 Å². The molecule has 3 rings (SSSR count). The molecule has 92 valence electrons. The Labute approximate surface area is 104 Å². The average molecular weight is 244 g/mol. The van der Waals surface area contributed by atoms with Crippen LogP contribution in [-0.2, 0) is 9.53 Å². The van der Waals surface area contributed by atoms with Crippen LogP contribution in [0.1, 0.15) is 18.7 Å². The number of amides is 1. The maximum Gasteiger partial charge on any atom is 0.301 e. The number of hydrogen-bond donors (Lipinski definition) is 0. The molecule has 1 amide bonds. The fraction of sp³-hybridized carbons (Fsp3) is 0.333. The summed E-state index contributed by atoms with van der Waals surface area (Å²) in [5.74, 6) is -0.142. The molecule has 6 heteroatoms. The molecule has 1 atom stereocenters. The van der Waals surface area contributed by atoms with Crippen molar-refractivity contribution in [3.05, 3.63) is 29.8 Å². The van der Waals surface area contributed by atoms with Crippen molar-refractivity contribution >= 4 is 17.6 Å². The SMILES string of the molecule is CCOC1=Nc2ccccc2C2N=NCC(=O)N12. The van der Waals surface area contributed by atoms with Crippen molar-refractivity contribution in [3.63, 3.8) is 0 Å². The van der Waals surface area contributed by atoms with Crippen molar-refractivity contribution in [2.75, 3.05) is 13.2 Å². The van der Waals surface area contributed by atoms with Gasteiger partial charge in [-0.2, -0.15) is 15.2 Å². The van der Waals surface area contributed by atoms with E-state index in [1.165, 1.54) is 4.90 Å². The molecule has 0 fully saturated rings. The van der Waals surface area contributed by atoms with Gasteiger partial charge in [0.05, 0.1) is 12.3 Å². The second-order valence-electron chi connectivity index (χ2n) is 3.94. The van der Waals surface area contributed by atoms with Gasteiger partial charge in [-0.05, 0) is 13.0 Å². The van der Waals surface area contributed by atoms with E-state index in [1.54, 1.807) is 0 Å². The van der Waals surface area contributed by atoms with E-state index in [0.29, 0.717) is 12.6 Å². The highest BCUT2D eigenvalue weighted by Gasteiger charge is 2.37. The van der Waals surface area contributed by atoms with Gasteiger partial charge in [0.1, 0.15) is 6.54 Å². The van der Waals surface area contributed by atoms with Crippen LogP contribution in [-0.4, -0.2) is 30.0 Å². The number of benzene rings is 1. The quantitative estimate of drug-likeness (QED) is 0.758. The first-order valence-electron chi connectivity index (χ1n) is 5.80. The number of ether oxygens (including phenoxy) is 1. The first kappa shape index (κ1) is 10.9. The molecule has 0 radical (unpaired) electrons. The first-order valence-corrected chi connectivity index (χ1v) is 5.80. The third-order valence-corrected chi connectivity index (χ3v) is 2.82. The normalized spacial score (nSPS) is 21.2. The van der Waals surface area contributed by atoms with E-state index >= 15 is 0 Å². The summed E-state index contributed by atoms with van der Waals surface area (Å²) in [7, 11) is 0. The fourth-order valence-electron chi connectivity index (χ4n) is 2.05. The molecule has 2 heterocycles. The van der Waals surface area contributed by atoms with Crippen LogP contribution in [0, 0.1) is 0 Å². The summed E-state index contributed by atoms with van der Waals surface area (Å²) < 4.78 is 5.43. The highest BCUT2D eigenvalue weighted by Crippen LogP contribution is 2.37. The number of carbonyl (C=O) groups excluding carboxylic acids is 1. The van der Waals surface area contributed by atoms with Crippen LogP contribution in [0.3, 0.4) is 0 Å². The molecule has 1 aromatic carbocycles. The molecular formula is C12H12N4O2. The van der Waals surface area contributed by atoms with Gasteiger partial charge in [-0.3, -0.25) is 4.79 Å². The predicted octanol–water partition coefficient (Wildman–Crippen LogP) is 2.02. The molecule has 0 saturated heterocycles. The van der Waals surface area contributed by atoms with Crippen LogP contribution in [0.5, 0.6) is 0 Å². The second-order valence-corrected chi connectivity index (χ2v) is 3.94. The number of rotatable bonds is 1. The highest BCUT2D eigenvalue weighted by molar-refractivity contribution is 5.98. The standard InChI is InChI=1S/C12H12N4O2/c1-2-18-12-14-9-6-4-3-5-8(9)11-15-13-7-10(17)16(11)12/h3-6,11H,2,7H2,1H3. The van der Waals surface area contributed by atoms with Crippen LogP contribution in [0.4, 0.5) is 5.69 Å². The fourth-order valence-corrected chi connectivity index (χ4v) is 2.05. The zero-order valence-electron chi connectivity index (χ0n) is 9.91. The molecular weight excluding hydrogens is 232 g/mol. The van der Waals surface area contributed by atoms with Gasteiger partial charge in [-0.15, -0.1) is 0 Å². The lowest BCUT2D eigenvalue weighted by Gasteiger charge is -2.33. The third kappa shape index (κ3) is 1.57. The second kappa shape index (κ2) is 4.21. The van der Waals surface area contributed by atoms with Crippen LogP contribution in [0.15, 0.2) is 39.5 Å². The summed E-state index contributed by atoms with van der Waals surface area (Å²) in [6, 6.07) is 7.87. The summed E-state index contributed by atoms with van der Waals surface area (Å²) in [6.07, 6.45) is -0.443. The van der Waals surface area contributed by atoms with Gasteiger partial charge in [0.15, 0.2) is 6.17 Å². The zero-order chi connectivity index (χ0) is 12.5. The molecule has 0 bridgehead atoms. The van der Waals surface area contributed by atoms with E-state index in [2.05, 4.69) is 15.2 Å². The zero-order valence-corrected chi connectivity index (χ0v) is 9.91. The van der Waals surface area contributed by atoms with Gasteiger partial charge in [-0.1, -0.05) is 18.2 Å². The minimum Gasteiger partial charge on any atom is -0.465 e. The number of azo groups is 1. The Morgan fingerprint density at radius 2 is 2.28 bits per heavy atom. The largest absolute Gasteiger partial charge is 0.465 e. The van der Waals surface area contributed by atoms with E-state index in [0.717, 1.165) is 11.3 Å². The summed E-state index contributed by atoms with van der Waals surface area (Å²) in [5.41, 5.74) is 1.65. The van der Waals surface area contributed by atoms with E-state index < -0.39 is 6.17 Å². The minimum atomic E-state index is -0.443. The Hall–Kier alpha value is -2.24. The maximum atomic E-state index is 11.9. The van der Waals surface area contributed by atoms with Gasteiger partial charge in [0.25, 0.3) is 5.91 Å². The molecule has 0 N–H and O–H groups in total. The number of aliphatic imine (C=N–C) groups is 1. The van der Waals surface area contributed by atoms with Gasteiger partial charge in [0.2, 0.25) is 0 Å². The van der Waals surface area contributed by atoms with E-state index in [1.807, 2.05) is 31.2 Å². The monoisotopic (exact) mass is 244 g/mol. The smallest absolute Gasteiger partial charge is 0.301 e. The molecule has 0 spiro atoms. The number of hydrogen-bond acceptors (Lipinski definition) is 5. The van der Waals surface area contributed by atoms with Gasteiger partial charge in [-0.25, -0.2) is 4.90 Å². The van der Waals surface area contributed by atoms with Crippen LogP contribution in [0.25, 0.3) is 0 Å². The van der Waals surface area contributed by atoms with Crippen LogP contribution in [0.2, 0.25) is 0 Å². The molecule has 6 nitrogen and oxygen atoms in total. The minimum absolute atomic E-state index is 0.0464. The number of para-hydroxylation sites is 1. The average Bonchev–Trinajstić information content (AvgIpc) is 2.39. The topological polar surface area (TPSA) is 66.6 Å². The molecule has 0 aliphatic carbocycles. The third-order valence-electron chi connectivity index (χ3n) is 2.82. The lowest BCUT2D eigenvalue weighted by Crippen LogP contribution is -2.45. The molecule has 2 aliphatic heterocycles. The summed E-state index contributed by atoms with van der Waals surface area (Å²) >= 11 is 0. The van der Waals surface area contributed by atoms with Crippen molar-refractivity contribution in [1.82, 2.24) is 4.90 Å². The number of fused-ring (bicyclic) bond motifs is 3. The van der Waals surface area contributed by atoms with Crippen molar-refractivity contribution < 1.29 is 9.53 Å². The Balaban J connectivity index is 2.14. The van der Waals surface area contributed by atoms with Crippen LogP contribution >= 0.6 is 0 Å². The van der Waals surface area contributed by atoms with Crippen molar-refractivity contribution in [1.29, 1.82) is 0 Å². The van der Waals surface area contributed by atoms with Gasteiger partial charge in [0, 0.05) is 5.56 Å². The Bertz CT molecular complexity index is 553. The number of amidine groups is 1.